The van der Waals surface area contributed by atoms with Crippen LogP contribution in [0.5, 0.6) is 0 Å². The SMILES string of the molecule is Nc1ccc(C(=O)Cc2c(F)cccc2Cl)c(Br)c1. The van der Waals surface area contributed by atoms with E-state index >= 15 is 0 Å². The second-order valence-electron chi connectivity index (χ2n) is 4.04. The summed E-state index contributed by atoms with van der Waals surface area (Å²) in [5, 5.41) is 0.250. The van der Waals surface area contributed by atoms with E-state index in [1.165, 1.54) is 12.1 Å². The van der Waals surface area contributed by atoms with Crippen LogP contribution >= 0.6 is 27.5 Å². The number of benzene rings is 2. The van der Waals surface area contributed by atoms with Gasteiger partial charge in [-0.3, -0.25) is 4.79 Å². The number of hydrogen-bond acceptors (Lipinski definition) is 2. The standard InChI is InChI=1S/C14H10BrClFNO/c15-11-6-8(18)4-5-9(11)14(19)7-10-12(16)2-1-3-13(10)17/h1-6H,7,18H2. The van der Waals surface area contributed by atoms with E-state index in [1.54, 1.807) is 24.3 Å². The maximum atomic E-state index is 13.6. The van der Waals surface area contributed by atoms with Gasteiger partial charge in [-0.1, -0.05) is 17.7 Å². The molecule has 98 valence electrons. The second kappa shape index (κ2) is 5.72. The van der Waals surface area contributed by atoms with Gasteiger partial charge in [0.15, 0.2) is 5.78 Å². The molecule has 2 aromatic rings. The van der Waals surface area contributed by atoms with E-state index in [-0.39, 0.29) is 22.8 Å². The molecule has 19 heavy (non-hydrogen) atoms. The Labute approximate surface area is 123 Å². The topological polar surface area (TPSA) is 43.1 Å². The molecule has 0 heterocycles. The minimum atomic E-state index is -0.479. The molecule has 0 saturated heterocycles. The molecule has 0 amide bonds. The molecule has 2 rings (SSSR count). The predicted octanol–water partition coefficient (Wildman–Crippen LogP) is 4.25. The Morgan fingerprint density at radius 1 is 1.32 bits per heavy atom. The van der Waals surface area contributed by atoms with Crippen molar-refractivity contribution in [2.45, 2.75) is 6.42 Å². The van der Waals surface area contributed by atoms with Gasteiger partial charge < -0.3 is 5.73 Å². The Hall–Kier alpha value is -1.39. The minimum Gasteiger partial charge on any atom is -0.399 e. The number of nitrogen functional groups attached to an aromatic ring is 1. The van der Waals surface area contributed by atoms with Crippen molar-refractivity contribution in [3.63, 3.8) is 0 Å². The Balaban J connectivity index is 2.31. The molecule has 0 atom stereocenters. The highest BCUT2D eigenvalue weighted by molar-refractivity contribution is 9.10. The molecule has 0 fully saturated rings. The normalized spacial score (nSPS) is 10.5. The number of Topliss-reactive ketones (excluding diaryl/α,β-unsaturated/α-hetero) is 1. The molecule has 5 heteroatoms. The van der Waals surface area contributed by atoms with Crippen LogP contribution < -0.4 is 5.73 Å². The smallest absolute Gasteiger partial charge is 0.168 e. The van der Waals surface area contributed by atoms with E-state index in [1.807, 2.05) is 0 Å². The van der Waals surface area contributed by atoms with Crippen molar-refractivity contribution in [3.05, 3.63) is 62.8 Å². The van der Waals surface area contributed by atoms with E-state index in [0.29, 0.717) is 15.7 Å². The number of nitrogens with two attached hydrogens (primary N) is 1. The molecule has 0 unspecified atom stereocenters. The van der Waals surface area contributed by atoms with Crippen LogP contribution in [0.2, 0.25) is 5.02 Å². The minimum absolute atomic E-state index is 0.0893. The zero-order valence-corrected chi connectivity index (χ0v) is 12.1. The van der Waals surface area contributed by atoms with Gasteiger partial charge >= 0.3 is 0 Å². The van der Waals surface area contributed by atoms with E-state index in [9.17, 15) is 9.18 Å². The number of hydrogen-bond donors (Lipinski definition) is 1. The number of carbonyl (C=O) groups is 1. The van der Waals surface area contributed by atoms with E-state index in [4.69, 9.17) is 17.3 Å². The summed E-state index contributed by atoms with van der Waals surface area (Å²) in [6, 6.07) is 9.22. The van der Waals surface area contributed by atoms with Crippen LogP contribution in [0.25, 0.3) is 0 Å². The third-order valence-electron chi connectivity index (χ3n) is 2.69. The predicted molar refractivity (Wildman–Crippen MR) is 78.0 cm³/mol. The van der Waals surface area contributed by atoms with Gasteiger partial charge in [-0.2, -0.15) is 0 Å². The van der Waals surface area contributed by atoms with Crippen LogP contribution in [0.3, 0.4) is 0 Å². The van der Waals surface area contributed by atoms with Crippen LogP contribution in [0, 0.1) is 5.82 Å². The first-order valence-electron chi connectivity index (χ1n) is 5.50. The molecular weight excluding hydrogens is 333 g/mol. The Bertz CT molecular complexity index is 625. The molecule has 2 nitrogen and oxygen atoms in total. The summed E-state index contributed by atoms with van der Waals surface area (Å²) >= 11 is 9.17. The van der Waals surface area contributed by atoms with Gasteiger partial charge in [-0.25, -0.2) is 4.39 Å². The Morgan fingerprint density at radius 2 is 2.05 bits per heavy atom. The second-order valence-corrected chi connectivity index (χ2v) is 5.30. The highest BCUT2D eigenvalue weighted by Gasteiger charge is 2.15. The molecule has 0 aliphatic heterocycles. The fourth-order valence-electron chi connectivity index (χ4n) is 1.71. The largest absolute Gasteiger partial charge is 0.399 e. The van der Waals surface area contributed by atoms with Gasteiger partial charge in [0, 0.05) is 32.7 Å². The summed E-state index contributed by atoms with van der Waals surface area (Å²) in [6.07, 6.45) is -0.0893. The summed E-state index contributed by atoms with van der Waals surface area (Å²) in [7, 11) is 0. The lowest BCUT2D eigenvalue weighted by atomic mass is 10.0. The number of ketones is 1. The zero-order chi connectivity index (χ0) is 14.0. The maximum Gasteiger partial charge on any atom is 0.168 e. The van der Waals surface area contributed by atoms with Crippen LogP contribution in [-0.4, -0.2) is 5.78 Å². The fraction of sp³-hybridized carbons (Fsp3) is 0.0714. The molecule has 0 aliphatic rings. The van der Waals surface area contributed by atoms with Crippen molar-refractivity contribution in [1.29, 1.82) is 0 Å². The first-order chi connectivity index (χ1) is 8.99. The molecule has 2 aromatic carbocycles. The molecule has 0 spiro atoms. The molecule has 0 saturated carbocycles. The van der Waals surface area contributed by atoms with E-state index in [0.717, 1.165) is 0 Å². The van der Waals surface area contributed by atoms with Gasteiger partial charge in [0.05, 0.1) is 0 Å². The monoisotopic (exact) mass is 341 g/mol. The first kappa shape index (κ1) is 14.0. The van der Waals surface area contributed by atoms with Crippen molar-refractivity contribution in [1.82, 2.24) is 0 Å². The summed E-state index contributed by atoms with van der Waals surface area (Å²) < 4.78 is 14.2. The van der Waals surface area contributed by atoms with Crippen molar-refractivity contribution in [2.75, 3.05) is 5.73 Å². The van der Waals surface area contributed by atoms with Crippen LogP contribution in [-0.2, 0) is 6.42 Å². The number of halogens is 3. The van der Waals surface area contributed by atoms with Gasteiger partial charge in [0.1, 0.15) is 5.82 Å². The van der Waals surface area contributed by atoms with Crippen molar-refractivity contribution >= 4 is 39.0 Å². The van der Waals surface area contributed by atoms with Gasteiger partial charge in [-0.05, 0) is 46.3 Å². The van der Waals surface area contributed by atoms with Crippen LogP contribution in [0.4, 0.5) is 10.1 Å². The average molecular weight is 343 g/mol. The van der Waals surface area contributed by atoms with Crippen molar-refractivity contribution in [3.8, 4) is 0 Å². The summed E-state index contributed by atoms with van der Waals surface area (Å²) in [4.78, 5) is 12.2. The lowest BCUT2D eigenvalue weighted by molar-refractivity contribution is 0.0991. The summed E-state index contributed by atoms with van der Waals surface area (Å²) in [5.41, 5.74) is 6.81. The fourth-order valence-corrected chi connectivity index (χ4v) is 2.56. The third-order valence-corrected chi connectivity index (χ3v) is 3.70. The number of anilines is 1. The van der Waals surface area contributed by atoms with Gasteiger partial charge in [0.2, 0.25) is 0 Å². The van der Waals surface area contributed by atoms with Crippen LogP contribution in [0.15, 0.2) is 40.9 Å². The highest BCUT2D eigenvalue weighted by atomic mass is 79.9. The summed E-state index contributed by atoms with van der Waals surface area (Å²) in [6.45, 7) is 0. The Morgan fingerprint density at radius 3 is 2.68 bits per heavy atom. The number of carbonyl (C=O) groups excluding carboxylic acids is 1. The highest BCUT2D eigenvalue weighted by Crippen LogP contribution is 2.24. The van der Waals surface area contributed by atoms with Crippen LogP contribution in [0.1, 0.15) is 15.9 Å². The maximum absolute atomic E-state index is 13.6. The third kappa shape index (κ3) is 3.14. The first-order valence-corrected chi connectivity index (χ1v) is 6.67. The van der Waals surface area contributed by atoms with E-state index in [2.05, 4.69) is 15.9 Å². The van der Waals surface area contributed by atoms with E-state index < -0.39 is 5.82 Å². The number of rotatable bonds is 3. The van der Waals surface area contributed by atoms with Gasteiger partial charge in [-0.15, -0.1) is 0 Å². The molecule has 0 aromatic heterocycles. The molecule has 0 aliphatic carbocycles. The molecule has 2 N–H and O–H groups in total. The van der Waals surface area contributed by atoms with Crippen molar-refractivity contribution < 1.29 is 9.18 Å². The van der Waals surface area contributed by atoms with Gasteiger partial charge in [0.25, 0.3) is 0 Å². The molecule has 0 radical (unpaired) electrons. The average Bonchev–Trinajstić information content (AvgIpc) is 2.33. The molecule has 0 bridgehead atoms. The zero-order valence-electron chi connectivity index (χ0n) is 9.79. The molecular formula is C14H10BrClFNO. The summed E-state index contributed by atoms with van der Waals surface area (Å²) in [5.74, 6) is -0.703. The quantitative estimate of drug-likeness (QED) is 0.669. The lowest BCUT2D eigenvalue weighted by Gasteiger charge is -2.07. The Kier molecular flexibility index (Phi) is 4.22. The van der Waals surface area contributed by atoms with Crippen molar-refractivity contribution in [2.24, 2.45) is 0 Å². The lowest BCUT2D eigenvalue weighted by Crippen LogP contribution is -2.07.